The number of hydrogen-bond acceptors (Lipinski definition) is 3. The molecule has 0 amide bonds. The van der Waals surface area contributed by atoms with E-state index in [4.69, 9.17) is 11.6 Å². The van der Waals surface area contributed by atoms with Gasteiger partial charge in [-0.05, 0) is 48.6 Å². The molecule has 1 aromatic heterocycles. The van der Waals surface area contributed by atoms with E-state index >= 15 is 0 Å². The van der Waals surface area contributed by atoms with E-state index in [2.05, 4.69) is 15.3 Å². The molecule has 0 bridgehead atoms. The van der Waals surface area contributed by atoms with Crippen molar-refractivity contribution in [1.82, 2.24) is 9.97 Å². The molecule has 0 fully saturated rings. The van der Waals surface area contributed by atoms with Crippen LogP contribution < -0.4 is 5.32 Å². The average molecular weight is 278 g/mol. The molecular formula is C14H13ClFN3. The van der Waals surface area contributed by atoms with E-state index in [0.29, 0.717) is 6.54 Å². The lowest BCUT2D eigenvalue weighted by atomic mass is 10.2. The third-order valence-corrected chi connectivity index (χ3v) is 3.45. The Bertz CT molecular complexity index is 598. The lowest BCUT2D eigenvalue weighted by Crippen LogP contribution is -2.06. The van der Waals surface area contributed by atoms with Crippen LogP contribution in [0.3, 0.4) is 0 Å². The van der Waals surface area contributed by atoms with Gasteiger partial charge in [0, 0.05) is 12.1 Å². The summed E-state index contributed by atoms with van der Waals surface area (Å²) in [4.78, 5) is 8.49. The molecular weight excluding hydrogens is 265 g/mol. The van der Waals surface area contributed by atoms with Crippen LogP contribution in [0.5, 0.6) is 0 Å². The van der Waals surface area contributed by atoms with Crippen LogP contribution in [0, 0.1) is 5.82 Å². The molecule has 5 heteroatoms. The van der Waals surface area contributed by atoms with Crippen molar-refractivity contribution in [1.29, 1.82) is 0 Å². The first-order valence-corrected chi connectivity index (χ1v) is 6.64. The van der Waals surface area contributed by atoms with Crippen LogP contribution in [0.2, 0.25) is 5.28 Å². The standard InChI is InChI=1S/C14H13ClFN3/c15-14-18-12-3-1-2-11(12)13(19-14)17-8-9-4-6-10(16)7-5-9/h4-7H,1-3,8H2,(H,17,18,19). The monoisotopic (exact) mass is 277 g/mol. The molecule has 0 spiro atoms. The lowest BCUT2D eigenvalue weighted by Gasteiger charge is -2.10. The molecule has 0 aliphatic heterocycles. The minimum Gasteiger partial charge on any atom is -0.366 e. The third kappa shape index (κ3) is 2.68. The maximum absolute atomic E-state index is 12.8. The van der Waals surface area contributed by atoms with Crippen molar-refractivity contribution in [2.24, 2.45) is 0 Å². The second kappa shape index (κ2) is 5.13. The van der Waals surface area contributed by atoms with Crippen LogP contribution in [-0.4, -0.2) is 9.97 Å². The fraction of sp³-hybridized carbons (Fsp3) is 0.286. The third-order valence-electron chi connectivity index (χ3n) is 3.28. The largest absolute Gasteiger partial charge is 0.366 e. The second-order valence-corrected chi connectivity index (χ2v) is 4.94. The van der Waals surface area contributed by atoms with Crippen LogP contribution >= 0.6 is 11.6 Å². The summed E-state index contributed by atoms with van der Waals surface area (Å²) < 4.78 is 12.8. The molecule has 19 heavy (non-hydrogen) atoms. The number of fused-ring (bicyclic) bond motifs is 1. The number of halogens is 2. The van der Waals surface area contributed by atoms with Crippen molar-refractivity contribution in [3.8, 4) is 0 Å². The maximum Gasteiger partial charge on any atom is 0.224 e. The number of benzene rings is 1. The number of anilines is 1. The fourth-order valence-electron chi connectivity index (χ4n) is 2.34. The number of rotatable bonds is 3. The van der Waals surface area contributed by atoms with Crippen molar-refractivity contribution in [3.63, 3.8) is 0 Å². The van der Waals surface area contributed by atoms with Gasteiger partial charge in [-0.15, -0.1) is 0 Å². The van der Waals surface area contributed by atoms with Crippen LogP contribution in [0.4, 0.5) is 10.2 Å². The summed E-state index contributed by atoms with van der Waals surface area (Å²) in [6.07, 6.45) is 3.04. The number of hydrogen-bond donors (Lipinski definition) is 1. The zero-order valence-corrected chi connectivity index (χ0v) is 11.0. The average Bonchev–Trinajstić information content (AvgIpc) is 2.85. The molecule has 0 unspecified atom stereocenters. The van der Waals surface area contributed by atoms with Crippen molar-refractivity contribution in [2.45, 2.75) is 25.8 Å². The molecule has 1 heterocycles. The number of aryl methyl sites for hydroxylation is 1. The molecule has 0 saturated heterocycles. The van der Waals surface area contributed by atoms with Gasteiger partial charge >= 0.3 is 0 Å². The molecule has 1 N–H and O–H groups in total. The predicted octanol–water partition coefficient (Wildman–Crippen LogP) is 3.37. The lowest BCUT2D eigenvalue weighted by molar-refractivity contribution is 0.627. The second-order valence-electron chi connectivity index (χ2n) is 4.60. The Morgan fingerprint density at radius 1 is 1.16 bits per heavy atom. The Labute approximate surface area is 115 Å². The Hall–Kier alpha value is -1.68. The summed E-state index contributed by atoms with van der Waals surface area (Å²) in [7, 11) is 0. The molecule has 1 aliphatic rings. The van der Waals surface area contributed by atoms with Gasteiger partial charge < -0.3 is 5.32 Å². The molecule has 98 valence electrons. The Morgan fingerprint density at radius 3 is 2.74 bits per heavy atom. The normalized spacial score (nSPS) is 13.4. The van der Waals surface area contributed by atoms with E-state index in [0.717, 1.165) is 41.9 Å². The van der Waals surface area contributed by atoms with Gasteiger partial charge in [-0.2, -0.15) is 0 Å². The van der Waals surface area contributed by atoms with Gasteiger partial charge in [0.15, 0.2) is 0 Å². The first kappa shape index (κ1) is 12.4. The van der Waals surface area contributed by atoms with E-state index in [1.165, 1.54) is 12.1 Å². The molecule has 1 aliphatic carbocycles. The van der Waals surface area contributed by atoms with Gasteiger partial charge in [0.2, 0.25) is 5.28 Å². The summed E-state index contributed by atoms with van der Waals surface area (Å²) in [6.45, 7) is 0.597. The highest BCUT2D eigenvalue weighted by molar-refractivity contribution is 6.28. The van der Waals surface area contributed by atoms with Gasteiger partial charge in [-0.25, -0.2) is 14.4 Å². The van der Waals surface area contributed by atoms with Crippen LogP contribution in [-0.2, 0) is 19.4 Å². The van der Waals surface area contributed by atoms with E-state index in [1.54, 1.807) is 12.1 Å². The number of aromatic nitrogens is 2. The molecule has 0 saturated carbocycles. The van der Waals surface area contributed by atoms with Crippen molar-refractivity contribution < 1.29 is 4.39 Å². The van der Waals surface area contributed by atoms with Gasteiger partial charge in [0.25, 0.3) is 0 Å². The van der Waals surface area contributed by atoms with Crippen LogP contribution in [0.1, 0.15) is 23.2 Å². The van der Waals surface area contributed by atoms with Crippen LogP contribution in [0.25, 0.3) is 0 Å². The predicted molar refractivity (Wildman–Crippen MR) is 72.8 cm³/mol. The van der Waals surface area contributed by atoms with Gasteiger partial charge in [0.1, 0.15) is 11.6 Å². The molecule has 0 atom stereocenters. The van der Waals surface area contributed by atoms with E-state index in [1.807, 2.05) is 0 Å². The minimum absolute atomic E-state index is 0.227. The highest BCUT2D eigenvalue weighted by Crippen LogP contribution is 2.27. The molecule has 3 rings (SSSR count). The van der Waals surface area contributed by atoms with Gasteiger partial charge in [-0.3, -0.25) is 0 Å². The van der Waals surface area contributed by atoms with Gasteiger partial charge in [-0.1, -0.05) is 12.1 Å². The quantitative estimate of drug-likeness (QED) is 0.874. The smallest absolute Gasteiger partial charge is 0.224 e. The zero-order chi connectivity index (χ0) is 13.2. The van der Waals surface area contributed by atoms with E-state index in [9.17, 15) is 4.39 Å². The Morgan fingerprint density at radius 2 is 1.95 bits per heavy atom. The topological polar surface area (TPSA) is 37.8 Å². The molecule has 3 nitrogen and oxygen atoms in total. The van der Waals surface area contributed by atoms with E-state index in [-0.39, 0.29) is 11.1 Å². The van der Waals surface area contributed by atoms with Gasteiger partial charge in [0.05, 0.1) is 5.69 Å². The summed E-state index contributed by atoms with van der Waals surface area (Å²) in [6, 6.07) is 6.42. The number of nitrogens with one attached hydrogen (secondary N) is 1. The summed E-state index contributed by atoms with van der Waals surface area (Å²) in [5, 5.41) is 3.54. The summed E-state index contributed by atoms with van der Waals surface area (Å²) in [5.74, 6) is 0.576. The summed E-state index contributed by atoms with van der Waals surface area (Å²) in [5.41, 5.74) is 3.20. The number of nitrogens with zero attached hydrogens (tertiary/aromatic N) is 2. The Kier molecular flexibility index (Phi) is 3.34. The molecule has 1 aromatic carbocycles. The molecule has 0 radical (unpaired) electrons. The van der Waals surface area contributed by atoms with Crippen molar-refractivity contribution in [3.05, 3.63) is 52.2 Å². The maximum atomic E-state index is 12.8. The summed E-state index contributed by atoms with van der Waals surface area (Å²) >= 11 is 5.92. The first-order chi connectivity index (χ1) is 9.22. The zero-order valence-electron chi connectivity index (χ0n) is 10.3. The fourth-order valence-corrected chi connectivity index (χ4v) is 2.52. The van der Waals surface area contributed by atoms with Crippen molar-refractivity contribution in [2.75, 3.05) is 5.32 Å². The molecule has 2 aromatic rings. The highest BCUT2D eigenvalue weighted by atomic mass is 35.5. The van der Waals surface area contributed by atoms with Crippen LogP contribution in [0.15, 0.2) is 24.3 Å². The first-order valence-electron chi connectivity index (χ1n) is 6.26. The minimum atomic E-state index is -0.227. The highest BCUT2D eigenvalue weighted by Gasteiger charge is 2.18. The SMILES string of the molecule is Fc1ccc(CNc2nc(Cl)nc3c2CCC3)cc1. The van der Waals surface area contributed by atoms with E-state index < -0.39 is 0 Å². The Balaban J connectivity index is 1.78. The van der Waals surface area contributed by atoms with Crippen molar-refractivity contribution >= 4 is 17.4 Å².